The third-order valence-corrected chi connectivity index (χ3v) is 1.28. The van der Waals surface area contributed by atoms with Crippen molar-refractivity contribution in [3.8, 4) is 0 Å². The average molecular weight is 146 g/mol. The first-order chi connectivity index (χ1) is 4.59. The van der Waals surface area contributed by atoms with E-state index in [4.69, 9.17) is 0 Å². The molecule has 0 saturated carbocycles. The van der Waals surface area contributed by atoms with Crippen LogP contribution in [0.3, 0.4) is 0 Å². The molecule has 0 aliphatic rings. The summed E-state index contributed by atoms with van der Waals surface area (Å²) < 4.78 is 24.8. The maximum absolute atomic E-state index is 12.6. The van der Waals surface area contributed by atoms with Gasteiger partial charge in [0.1, 0.15) is 11.7 Å². The van der Waals surface area contributed by atoms with E-state index < -0.39 is 11.7 Å². The lowest BCUT2D eigenvalue weighted by atomic mass is 10.2. The molecule has 0 heterocycles. The molecule has 0 aromatic heterocycles. The van der Waals surface area contributed by atoms with Gasteiger partial charge in [0.25, 0.3) is 0 Å². The molecule has 0 amide bonds. The molecule has 0 N–H and O–H groups in total. The molecule has 0 aliphatic carbocycles. The van der Waals surface area contributed by atoms with Crippen molar-refractivity contribution < 1.29 is 8.78 Å². The van der Waals surface area contributed by atoms with Gasteiger partial charge in [-0.25, -0.2) is 8.78 Å². The summed E-state index contributed by atoms with van der Waals surface area (Å²) in [6, 6.07) is 0. The Bertz CT molecular complexity index is 157. The largest absolute Gasteiger partial charge is 0.211 e. The molecule has 2 heteroatoms. The molecule has 0 unspecified atom stereocenters. The van der Waals surface area contributed by atoms with Crippen molar-refractivity contribution in [2.75, 3.05) is 0 Å². The third kappa shape index (κ3) is 2.76. The van der Waals surface area contributed by atoms with E-state index in [0.717, 1.165) is 0 Å². The van der Waals surface area contributed by atoms with Gasteiger partial charge in [-0.2, -0.15) is 0 Å². The highest BCUT2D eigenvalue weighted by molar-refractivity contribution is 5.22. The molecule has 0 radical (unpaired) electrons. The van der Waals surface area contributed by atoms with E-state index in [0.29, 0.717) is 12.8 Å². The van der Waals surface area contributed by atoms with E-state index >= 15 is 0 Å². The second kappa shape index (κ2) is 4.20. The molecule has 58 valence electrons. The monoisotopic (exact) mass is 146 g/mol. The van der Waals surface area contributed by atoms with Crippen molar-refractivity contribution in [3.63, 3.8) is 0 Å². The van der Waals surface area contributed by atoms with E-state index in [2.05, 4.69) is 6.58 Å². The Kier molecular flexibility index (Phi) is 3.93. The van der Waals surface area contributed by atoms with Crippen LogP contribution >= 0.6 is 0 Å². The smallest absolute Gasteiger partial charge is 0.121 e. The minimum absolute atomic E-state index is 0.0434. The van der Waals surface area contributed by atoms with Crippen molar-refractivity contribution in [2.45, 2.75) is 26.7 Å². The summed E-state index contributed by atoms with van der Waals surface area (Å²) in [5.41, 5.74) is 0.0434. The van der Waals surface area contributed by atoms with Crippen LogP contribution in [0.5, 0.6) is 0 Å². The van der Waals surface area contributed by atoms with E-state index in [1.807, 2.05) is 6.92 Å². The second-order valence-electron chi connectivity index (χ2n) is 2.18. The van der Waals surface area contributed by atoms with Gasteiger partial charge in [-0.15, -0.1) is 0 Å². The summed E-state index contributed by atoms with van der Waals surface area (Å²) >= 11 is 0. The molecule has 0 saturated heterocycles. The van der Waals surface area contributed by atoms with E-state index in [-0.39, 0.29) is 5.57 Å². The molecule has 0 rings (SSSR count). The van der Waals surface area contributed by atoms with Crippen LogP contribution < -0.4 is 0 Å². The number of halogens is 2. The van der Waals surface area contributed by atoms with Crippen LogP contribution in [0.1, 0.15) is 26.7 Å². The zero-order valence-electron chi connectivity index (χ0n) is 6.38. The lowest BCUT2D eigenvalue weighted by Gasteiger charge is -1.98. The second-order valence-corrected chi connectivity index (χ2v) is 2.18. The van der Waals surface area contributed by atoms with Gasteiger partial charge in [-0.1, -0.05) is 13.5 Å². The first-order valence-corrected chi connectivity index (χ1v) is 3.29. The lowest BCUT2D eigenvalue weighted by molar-refractivity contribution is 0.556. The molecule has 0 bridgehead atoms. The first-order valence-electron chi connectivity index (χ1n) is 3.29. The van der Waals surface area contributed by atoms with Gasteiger partial charge in [-0.05, 0) is 19.8 Å². The van der Waals surface area contributed by atoms with Crippen LogP contribution in [-0.4, -0.2) is 0 Å². The summed E-state index contributed by atoms with van der Waals surface area (Å²) in [5.74, 6) is -1.07. The maximum Gasteiger partial charge on any atom is 0.121 e. The predicted molar refractivity (Wildman–Crippen MR) is 39.0 cm³/mol. The quantitative estimate of drug-likeness (QED) is 0.534. The van der Waals surface area contributed by atoms with Gasteiger partial charge < -0.3 is 0 Å². The summed E-state index contributed by atoms with van der Waals surface area (Å²) in [4.78, 5) is 0. The third-order valence-electron chi connectivity index (χ3n) is 1.28. The van der Waals surface area contributed by atoms with E-state index in [1.165, 1.54) is 6.92 Å². The Morgan fingerprint density at radius 3 is 2.20 bits per heavy atom. The topological polar surface area (TPSA) is 0 Å². The summed E-state index contributed by atoms with van der Waals surface area (Å²) in [6.45, 7) is 6.23. The number of hydrogen-bond acceptors (Lipinski definition) is 0. The normalized spacial score (nSPS) is 12.8. The molecular weight excluding hydrogens is 134 g/mol. The molecule has 0 nitrogen and oxygen atoms in total. The van der Waals surface area contributed by atoms with Crippen LogP contribution in [0, 0.1) is 0 Å². The highest BCUT2D eigenvalue weighted by Crippen LogP contribution is 2.18. The summed E-state index contributed by atoms with van der Waals surface area (Å²) in [5, 5.41) is 0. The fourth-order valence-corrected chi connectivity index (χ4v) is 0.554. The molecule has 0 spiro atoms. The summed E-state index contributed by atoms with van der Waals surface area (Å²) in [7, 11) is 0. The number of hydrogen-bond donors (Lipinski definition) is 0. The maximum atomic E-state index is 12.6. The Morgan fingerprint density at radius 2 is 1.90 bits per heavy atom. The van der Waals surface area contributed by atoms with Crippen molar-refractivity contribution in [3.05, 3.63) is 23.8 Å². The van der Waals surface area contributed by atoms with Gasteiger partial charge in [0, 0.05) is 5.57 Å². The van der Waals surface area contributed by atoms with E-state index in [9.17, 15) is 8.78 Å². The fraction of sp³-hybridized carbons (Fsp3) is 0.500. The van der Waals surface area contributed by atoms with Gasteiger partial charge in [0.2, 0.25) is 0 Å². The minimum atomic E-state index is -0.675. The van der Waals surface area contributed by atoms with Crippen LogP contribution in [-0.2, 0) is 0 Å². The van der Waals surface area contributed by atoms with Gasteiger partial charge in [0.05, 0.1) is 0 Å². The van der Waals surface area contributed by atoms with Crippen LogP contribution in [0.2, 0.25) is 0 Å². The van der Waals surface area contributed by atoms with Crippen molar-refractivity contribution in [1.29, 1.82) is 0 Å². The van der Waals surface area contributed by atoms with Crippen molar-refractivity contribution in [2.24, 2.45) is 0 Å². The number of allylic oxidation sites excluding steroid dienone is 3. The zero-order valence-corrected chi connectivity index (χ0v) is 6.38. The van der Waals surface area contributed by atoms with Gasteiger partial charge in [0.15, 0.2) is 0 Å². The van der Waals surface area contributed by atoms with Crippen molar-refractivity contribution in [1.82, 2.24) is 0 Å². The van der Waals surface area contributed by atoms with Crippen molar-refractivity contribution >= 4 is 0 Å². The SMILES string of the molecule is C=C(F)C(C)=C(F)CCC. The van der Waals surface area contributed by atoms with E-state index in [1.54, 1.807) is 0 Å². The summed E-state index contributed by atoms with van der Waals surface area (Å²) in [6.07, 6.45) is 0.991. The Hall–Kier alpha value is -0.660. The molecule has 10 heavy (non-hydrogen) atoms. The van der Waals surface area contributed by atoms with Crippen LogP contribution in [0.15, 0.2) is 23.8 Å². The molecule has 0 aromatic carbocycles. The molecule has 0 atom stereocenters. The Balaban J connectivity index is 4.19. The molecular formula is C8H12F2. The van der Waals surface area contributed by atoms with Gasteiger partial charge in [-0.3, -0.25) is 0 Å². The van der Waals surface area contributed by atoms with Gasteiger partial charge >= 0.3 is 0 Å². The zero-order chi connectivity index (χ0) is 8.15. The lowest BCUT2D eigenvalue weighted by Crippen LogP contribution is -1.82. The Morgan fingerprint density at radius 1 is 1.40 bits per heavy atom. The minimum Gasteiger partial charge on any atom is -0.211 e. The number of rotatable bonds is 3. The van der Waals surface area contributed by atoms with Crippen LogP contribution in [0.4, 0.5) is 8.78 Å². The highest BCUT2D eigenvalue weighted by Gasteiger charge is 2.02. The predicted octanol–water partition coefficient (Wildman–Crippen LogP) is 3.51. The first kappa shape index (κ1) is 9.34. The Labute approximate surface area is 60.2 Å². The van der Waals surface area contributed by atoms with Crippen LogP contribution in [0.25, 0.3) is 0 Å². The molecule has 0 aliphatic heterocycles. The average Bonchev–Trinajstić information content (AvgIpc) is 1.87. The molecule has 0 aromatic rings. The fourth-order valence-electron chi connectivity index (χ4n) is 0.554. The molecule has 0 fully saturated rings. The highest BCUT2D eigenvalue weighted by atomic mass is 19.1. The standard InChI is InChI=1S/C8H12F2/c1-4-5-8(10)6(2)7(3)9/h3-5H2,1-2H3.